The molecule has 0 amide bonds. The van der Waals surface area contributed by atoms with Crippen LogP contribution in [0.25, 0.3) is 5.53 Å². The van der Waals surface area contributed by atoms with Gasteiger partial charge in [0.1, 0.15) is 6.61 Å². The van der Waals surface area contributed by atoms with Crippen LogP contribution >= 0.6 is 0 Å². The molecule has 0 aromatic heterocycles. The smallest absolute Gasteiger partial charge is 0.413 e. The Morgan fingerprint density at radius 3 is 2.58 bits per heavy atom. The Balaban J connectivity index is 2.59. The quantitative estimate of drug-likeness (QED) is 0.248. The standard InChI is InChI=1S/C14H16N2O3/c1-11(2)8-18-9-12-5-3-4-6-13(12)10-19-14(17)7-16-15/h3-7H,1,8-10H2,2H3. The maximum atomic E-state index is 11.1. The zero-order valence-corrected chi connectivity index (χ0v) is 10.8. The van der Waals surface area contributed by atoms with Gasteiger partial charge >= 0.3 is 12.2 Å². The van der Waals surface area contributed by atoms with Gasteiger partial charge in [-0.15, -0.1) is 0 Å². The third-order valence-electron chi connectivity index (χ3n) is 2.26. The van der Waals surface area contributed by atoms with Crippen molar-refractivity contribution in [3.63, 3.8) is 0 Å². The van der Waals surface area contributed by atoms with Crippen LogP contribution in [0, 0.1) is 0 Å². The Kier molecular flexibility index (Phi) is 6.22. The third-order valence-corrected chi connectivity index (χ3v) is 2.26. The predicted molar refractivity (Wildman–Crippen MR) is 70.4 cm³/mol. The van der Waals surface area contributed by atoms with Gasteiger partial charge in [0.05, 0.1) is 13.2 Å². The highest BCUT2D eigenvalue weighted by Gasteiger charge is 2.07. The van der Waals surface area contributed by atoms with Crippen LogP contribution in [0.4, 0.5) is 0 Å². The van der Waals surface area contributed by atoms with E-state index in [-0.39, 0.29) is 6.61 Å². The Bertz CT molecular complexity index is 505. The number of rotatable bonds is 7. The highest BCUT2D eigenvalue weighted by atomic mass is 16.5. The van der Waals surface area contributed by atoms with Crippen LogP contribution in [0.2, 0.25) is 0 Å². The molecule has 5 nitrogen and oxygen atoms in total. The van der Waals surface area contributed by atoms with Gasteiger partial charge < -0.3 is 15.0 Å². The van der Waals surface area contributed by atoms with Gasteiger partial charge in [0.25, 0.3) is 0 Å². The first-order chi connectivity index (χ1) is 9.13. The second-order valence-corrected chi connectivity index (χ2v) is 4.07. The van der Waals surface area contributed by atoms with Crippen LogP contribution in [0.15, 0.2) is 36.4 Å². The van der Waals surface area contributed by atoms with Crippen molar-refractivity contribution >= 4 is 12.2 Å². The van der Waals surface area contributed by atoms with Crippen molar-refractivity contribution in [2.75, 3.05) is 6.61 Å². The molecule has 0 fully saturated rings. The molecule has 0 saturated carbocycles. The zero-order valence-electron chi connectivity index (χ0n) is 10.8. The molecule has 0 bridgehead atoms. The van der Waals surface area contributed by atoms with Crippen LogP contribution in [0.3, 0.4) is 0 Å². The minimum Gasteiger partial charge on any atom is -0.452 e. The monoisotopic (exact) mass is 260 g/mol. The number of hydrogen-bond acceptors (Lipinski definition) is 3. The number of esters is 1. The molecule has 5 heteroatoms. The summed E-state index contributed by atoms with van der Waals surface area (Å²) in [6, 6.07) is 7.50. The molecule has 0 spiro atoms. The Morgan fingerprint density at radius 1 is 1.37 bits per heavy atom. The van der Waals surface area contributed by atoms with Crippen LogP contribution in [0.1, 0.15) is 18.1 Å². The van der Waals surface area contributed by atoms with E-state index in [1.807, 2.05) is 31.2 Å². The lowest BCUT2D eigenvalue weighted by Gasteiger charge is -2.09. The van der Waals surface area contributed by atoms with Gasteiger partial charge in [-0.3, -0.25) is 0 Å². The van der Waals surface area contributed by atoms with Crippen LogP contribution in [-0.2, 0) is 27.5 Å². The Morgan fingerprint density at radius 2 is 2.00 bits per heavy atom. The highest BCUT2D eigenvalue weighted by molar-refractivity contribution is 6.20. The minimum absolute atomic E-state index is 0.109. The number of hydrogen-bond donors (Lipinski definition) is 0. The molecule has 1 rings (SSSR count). The lowest BCUT2D eigenvalue weighted by molar-refractivity contribution is -0.140. The number of benzene rings is 1. The van der Waals surface area contributed by atoms with Gasteiger partial charge in [0, 0.05) is 0 Å². The van der Waals surface area contributed by atoms with E-state index in [2.05, 4.69) is 11.4 Å². The molecule has 0 radical (unpaired) electrons. The van der Waals surface area contributed by atoms with Gasteiger partial charge in [-0.25, -0.2) is 4.79 Å². The molecular formula is C14H16N2O3. The van der Waals surface area contributed by atoms with Gasteiger partial charge in [-0.05, 0) is 18.1 Å². The van der Waals surface area contributed by atoms with Gasteiger partial charge in [-0.2, -0.15) is 4.79 Å². The molecule has 100 valence electrons. The summed E-state index contributed by atoms with van der Waals surface area (Å²) < 4.78 is 10.4. The maximum absolute atomic E-state index is 11.1. The topological polar surface area (TPSA) is 71.9 Å². The lowest BCUT2D eigenvalue weighted by atomic mass is 10.1. The van der Waals surface area contributed by atoms with E-state index in [0.717, 1.165) is 16.7 Å². The lowest BCUT2D eigenvalue weighted by Crippen LogP contribution is -2.08. The molecule has 0 aliphatic heterocycles. The molecule has 0 aliphatic rings. The molecule has 0 N–H and O–H groups in total. The maximum Gasteiger partial charge on any atom is 0.413 e. The van der Waals surface area contributed by atoms with Crippen molar-refractivity contribution in [3.8, 4) is 0 Å². The number of carbonyl (C=O) groups excluding carboxylic acids is 1. The molecular weight excluding hydrogens is 244 g/mol. The zero-order chi connectivity index (χ0) is 14.1. The van der Waals surface area contributed by atoms with Crippen molar-refractivity contribution in [2.24, 2.45) is 0 Å². The van der Waals surface area contributed by atoms with Crippen molar-refractivity contribution in [3.05, 3.63) is 53.1 Å². The van der Waals surface area contributed by atoms with E-state index in [4.69, 9.17) is 15.0 Å². The average Bonchev–Trinajstić information content (AvgIpc) is 2.37. The summed E-state index contributed by atoms with van der Waals surface area (Å²) in [6.07, 6.45) is 0.709. The van der Waals surface area contributed by atoms with Gasteiger partial charge in [0.15, 0.2) is 0 Å². The van der Waals surface area contributed by atoms with Gasteiger partial charge in [0.2, 0.25) is 0 Å². The molecule has 0 unspecified atom stereocenters. The van der Waals surface area contributed by atoms with Crippen molar-refractivity contribution in [1.82, 2.24) is 0 Å². The van der Waals surface area contributed by atoms with Crippen molar-refractivity contribution in [2.45, 2.75) is 20.1 Å². The SMILES string of the molecule is C=C(C)COCc1ccccc1COC(=O)C=[N+]=[N-]. The number of ether oxygens (including phenoxy) is 2. The fraction of sp³-hybridized carbons (Fsp3) is 0.286. The molecule has 0 heterocycles. The first-order valence-electron chi connectivity index (χ1n) is 5.76. The molecule has 1 aromatic rings. The second kappa shape index (κ2) is 7.97. The summed E-state index contributed by atoms with van der Waals surface area (Å²) >= 11 is 0. The predicted octanol–water partition coefficient (Wildman–Crippen LogP) is 2.12. The minimum atomic E-state index is -0.694. The summed E-state index contributed by atoms with van der Waals surface area (Å²) in [5.74, 6) is -0.694. The number of carbonyl (C=O) groups is 1. The van der Waals surface area contributed by atoms with E-state index < -0.39 is 5.97 Å². The largest absolute Gasteiger partial charge is 0.452 e. The molecule has 0 saturated heterocycles. The van der Waals surface area contributed by atoms with E-state index in [1.165, 1.54) is 0 Å². The van der Waals surface area contributed by atoms with E-state index in [1.54, 1.807) is 0 Å². The van der Waals surface area contributed by atoms with Gasteiger partial charge in [-0.1, -0.05) is 36.4 Å². The number of nitrogens with zero attached hydrogens (tertiary/aromatic N) is 2. The van der Waals surface area contributed by atoms with Crippen molar-refractivity contribution < 1.29 is 19.1 Å². The summed E-state index contributed by atoms with van der Waals surface area (Å²) in [5.41, 5.74) is 10.9. The third kappa shape index (κ3) is 5.77. The highest BCUT2D eigenvalue weighted by Crippen LogP contribution is 2.12. The summed E-state index contributed by atoms with van der Waals surface area (Å²) in [7, 11) is 0. The first kappa shape index (κ1) is 14.8. The first-order valence-corrected chi connectivity index (χ1v) is 5.76. The molecule has 0 aliphatic carbocycles. The average molecular weight is 260 g/mol. The summed E-state index contributed by atoms with van der Waals surface area (Å²) in [6.45, 7) is 6.67. The van der Waals surface area contributed by atoms with Crippen LogP contribution < -0.4 is 0 Å². The van der Waals surface area contributed by atoms with E-state index in [0.29, 0.717) is 19.4 Å². The van der Waals surface area contributed by atoms with Crippen molar-refractivity contribution in [1.29, 1.82) is 0 Å². The van der Waals surface area contributed by atoms with Crippen LogP contribution in [0.5, 0.6) is 0 Å². The molecule has 1 aromatic carbocycles. The molecule has 0 atom stereocenters. The molecule has 19 heavy (non-hydrogen) atoms. The summed E-state index contributed by atoms with van der Waals surface area (Å²) in [4.78, 5) is 13.7. The fourth-order valence-electron chi connectivity index (χ4n) is 1.41. The van der Waals surface area contributed by atoms with Crippen LogP contribution in [-0.4, -0.2) is 23.6 Å². The second-order valence-electron chi connectivity index (χ2n) is 4.07. The normalized spacial score (nSPS) is 9.53. The van der Waals surface area contributed by atoms with E-state index >= 15 is 0 Å². The Hall–Kier alpha value is -2.23. The Labute approximate surface area is 112 Å². The fourth-order valence-corrected chi connectivity index (χ4v) is 1.41. The van der Waals surface area contributed by atoms with E-state index in [9.17, 15) is 4.79 Å². The summed E-state index contributed by atoms with van der Waals surface area (Å²) in [5, 5.41) is 0.